The van der Waals surface area contributed by atoms with Crippen molar-refractivity contribution in [3.05, 3.63) is 42.5 Å². The molecule has 0 aliphatic carbocycles. The van der Waals surface area contributed by atoms with Crippen LogP contribution in [0.1, 0.15) is 33.3 Å². The molecule has 1 heterocycles. The van der Waals surface area contributed by atoms with Gasteiger partial charge in [-0.15, -0.1) is 6.58 Å². The Morgan fingerprint density at radius 1 is 1.06 bits per heavy atom. The van der Waals surface area contributed by atoms with Crippen LogP contribution >= 0.6 is 0 Å². The maximum Gasteiger partial charge on any atom is 0.494 e. The SMILES string of the molecule is C=CCc1ccc(B2OC(C)(C)C(C)(C)O2)cc1. The number of benzene rings is 1. The second-order valence-electron chi connectivity index (χ2n) is 5.82. The van der Waals surface area contributed by atoms with Crippen LogP contribution in [-0.4, -0.2) is 18.3 Å². The Kier molecular flexibility index (Phi) is 3.39. The van der Waals surface area contributed by atoms with Crippen LogP contribution in [0.25, 0.3) is 0 Å². The predicted octanol–water partition coefficient (Wildman–Crippen LogP) is 2.71. The van der Waals surface area contributed by atoms with Gasteiger partial charge in [-0.2, -0.15) is 0 Å². The number of hydrogen-bond acceptors (Lipinski definition) is 2. The summed E-state index contributed by atoms with van der Waals surface area (Å²) >= 11 is 0. The van der Waals surface area contributed by atoms with Crippen LogP contribution in [0.2, 0.25) is 0 Å². The van der Waals surface area contributed by atoms with E-state index in [9.17, 15) is 0 Å². The number of rotatable bonds is 3. The fourth-order valence-corrected chi connectivity index (χ4v) is 1.96. The van der Waals surface area contributed by atoms with Crippen molar-refractivity contribution in [1.29, 1.82) is 0 Å². The van der Waals surface area contributed by atoms with E-state index < -0.39 is 0 Å². The molecule has 0 N–H and O–H groups in total. The first-order valence-electron chi connectivity index (χ1n) is 6.41. The second kappa shape index (κ2) is 4.56. The summed E-state index contributed by atoms with van der Waals surface area (Å²) in [5.74, 6) is 0. The average molecular weight is 244 g/mol. The second-order valence-corrected chi connectivity index (χ2v) is 5.82. The maximum atomic E-state index is 6.01. The van der Waals surface area contributed by atoms with Gasteiger partial charge in [-0.05, 0) is 45.1 Å². The van der Waals surface area contributed by atoms with Crippen LogP contribution in [0.4, 0.5) is 0 Å². The van der Waals surface area contributed by atoms with Crippen molar-refractivity contribution in [1.82, 2.24) is 0 Å². The van der Waals surface area contributed by atoms with Gasteiger partial charge in [-0.3, -0.25) is 0 Å². The lowest BCUT2D eigenvalue weighted by molar-refractivity contribution is 0.00578. The third-order valence-electron chi connectivity index (χ3n) is 3.89. The summed E-state index contributed by atoms with van der Waals surface area (Å²) in [6.45, 7) is 12.0. The number of hydrogen-bond donors (Lipinski definition) is 0. The van der Waals surface area contributed by atoms with E-state index in [-0.39, 0.29) is 18.3 Å². The molecule has 1 saturated heterocycles. The summed E-state index contributed by atoms with van der Waals surface area (Å²) in [5.41, 5.74) is 1.77. The van der Waals surface area contributed by atoms with Gasteiger partial charge in [0.05, 0.1) is 11.2 Å². The summed E-state index contributed by atoms with van der Waals surface area (Å²) in [6.07, 6.45) is 2.80. The molecule has 96 valence electrons. The molecule has 0 atom stereocenters. The van der Waals surface area contributed by atoms with Crippen LogP contribution in [-0.2, 0) is 15.7 Å². The molecule has 0 aromatic heterocycles. The van der Waals surface area contributed by atoms with E-state index in [4.69, 9.17) is 9.31 Å². The summed E-state index contributed by atoms with van der Waals surface area (Å²) in [5, 5.41) is 0. The molecule has 2 rings (SSSR count). The maximum absolute atomic E-state index is 6.01. The molecule has 18 heavy (non-hydrogen) atoms. The van der Waals surface area contributed by atoms with Gasteiger partial charge in [-0.1, -0.05) is 30.3 Å². The van der Waals surface area contributed by atoms with Crippen molar-refractivity contribution in [2.75, 3.05) is 0 Å². The van der Waals surface area contributed by atoms with Crippen LogP contribution in [0.3, 0.4) is 0 Å². The molecule has 0 spiro atoms. The molecular weight excluding hydrogens is 223 g/mol. The largest absolute Gasteiger partial charge is 0.494 e. The van der Waals surface area contributed by atoms with Crippen LogP contribution < -0.4 is 5.46 Å². The molecular formula is C15H21BO2. The zero-order chi connectivity index (χ0) is 13.4. The molecule has 2 nitrogen and oxygen atoms in total. The van der Waals surface area contributed by atoms with Crippen LogP contribution in [0.5, 0.6) is 0 Å². The minimum atomic E-state index is -0.280. The number of allylic oxidation sites excluding steroid dienone is 1. The molecule has 0 radical (unpaired) electrons. The van der Waals surface area contributed by atoms with E-state index in [0.29, 0.717) is 0 Å². The van der Waals surface area contributed by atoms with E-state index in [1.807, 2.05) is 6.08 Å². The molecule has 3 heteroatoms. The van der Waals surface area contributed by atoms with Crippen LogP contribution in [0, 0.1) is 0 Å². The smallest absolute Gasteiger partial charge is 0.399 e. The van der Waals surface area contributed by atoms with Crippen molar-refractivity contribution in [2.24, 2.45) is 0 Å². The summed E-state index contributed by atoms with van der Waals surface area (Å²) in [7, 11) is -0.271. The van der Waals surface area contributed by atoms with Gasteiger partial charge in [0.25, 0.3) is 0 Å². The van der Waals surface area contributed by atoms with Crippen molar-refractivity contribution >= 4 is 12.6 Å². The van der Waals surface area contributed by atoms with Crippen molar-refractivity contribution in [2.45, 2.75) is 45.3 Å². The quantitative estimate of drug-likeness (QED) is 0.601. The van der Waals surface area contributed by atoms with Gasteiger partial charge in [-0.25, -0.2) is 0 Å². The van der Waals surface area contributed by atoms with E-state index in [1.165, 1.54) is 5.56 Å². The summed E-state index contributed by atoms with van der Waals surface area (Å²) in [4.78, 5) is 0. The molecule has 0 bridgehead atoms. The van der Waals surface area contributed by atoms with Gasteiger partial charge in [0.1, 0.15) is 0 Å². The Morgan fingerprint density at radius 2 is 1.56 bits per heavy atom. The minimum absolute atomic E-state index is 0.271. The minimum Gasteiger partial charge on any atom is -0.399 e. The van der Waals surface area contributed by atoms with E-state index >= 15 is 0 Å². The molecule has 1 aliphatic heterocycles. The van der Waals surface area contributed by atoms with E-state index in [1.54, 1.807) is 0 Å². The standard InChI is InChI=1S/C15H21BO2/c1-6-7-12-8-10-13(11-9-12)16-17-14(2,3)15(4,5)18-16/h6,8-11H,1,7H2,2-5H3. The topological polar surface area (TPSA) is 18.5 Å². The van der Waals surface area contributed by atoms with Crippen LogP contribution in [0.15, 0.2) is 36.9 Å². The van der Waals surface area contributed by atoms with Gasteiger partial charge in [0, 0.05) is 0 Å². The van der Waals surface area contributed by atoms with Gasteiger partial charge < -0.3 is 9.31 Å². The predicted molar refractivity (Wildman–Crippen MR) is 76.1 cm³/mol. The molecule has 1 aromatic carbocycles. The molecule has 1 aromatic rings. The highest BCUT2D eigenvalue weighted by Gasteiger charge is 2.51. The Bertz CT molecular complexity index is 418. The molecule has 0 saturated carbocycles. The lowest BCUT2D eigenvalue weighted by Gasteiger charge is -2.32. The monoisotopic (exact) mass is 244 g/mol. The third-order valence-corrected chi connectivity index (χ3v) is 3.89. The lowest BCUT2D eigenvalue weighted by Crippen LogP contribution is -2.41. The Labute approximate surface area is 110 Å². The highest BCUT2D eigenvalue weighted by Crippen LogP contribution is 2.36. The average Bonchev–Trinajstić information content (AvgIpc) is 2.50. The van der Waals surface area contributed by atoms with Gasteiger partial charge >= 0.3 is 7.12 Å². The summed E-state index contributed by atoms with van der Waals surface area (Å²) < 4.78 is 12.0. The highest BCUT2D eigenvalue weighted by atomic mass is 16.7. The fourth-order valence-electron chi connectivity index (χ4n) is 1.96. The first-order chi connectivity index (χ1) is 8.36. The molecule has 1 aliphatic rings. The van der Waals surface area contributed by atoms with Gasteiger partial charge in [0.2, 0.25) is 0 Å². The normalized spacial score (nSPS) is 21.0. The van der Waals surface area contributed by atoms with Crippen molar-refractivity contribution in [3.8, 4) is 0 Å². The van der Waals surface area contributed by atoms with Crippen molar-refractivity contribution in [3.63, 3.8) is 0 Å². The Hall–Kier alpha value is -1.06. The van der Waals surface area contributed by atoms with Crippen molar-refractivity contribution < 1.29 is 9.31 Å². The zero-order valence-corrected chi connectivity index (χ0v) is 11.7. The molecule has 1 fully saturated rings. The molecule has 0 amide bonds. The van der Waals surface area contributed by atoms with Gasteiger partial charge in [0.15, 0.2) is 0 Å². The Morgan fingerprint density at radius 3 is 2.00 bits per heavy atom. The Balaban J connectivity index is 2.17. The molecule has 0 unspecified atom stereocenters. The fraction of sp³-hybridized carbons (Fsp3) is 0.467. The van der Waals surface area contributed by atoms with E-state index in [0.717, 1.165) is 11.9 Å². The first kappa shape index (κ1) is 13.4. The lowest BCUT2D eigenvalue weighted by atomic mass is 9.79. The first-order valence-corrected chi connectivity index (χ1v) is 6.41. The highest BCUT2D eigenvalue weighted by molar-refractivity contribution is 6.62. The van der Waals surface area contributed by atoms with E-state index in [2.05, 4.69) is 58.5 Å². The third kappa shape index (κ3) is 2.38. The summed E-state index contributed by atoms with van der Waals surface area (Å²) in [6, 6.07) is 8.34. The zero-order valence-electron chi connectivity index (χ0n) is 11.7.